The number of carbonyl (C=O) groups excluding carboxylic acids is 1. The van der Waals surface area contributed by atoms with Crippen LogP contribution in [0.3, 0.4) is 0 Å². The highest BCUT2D eigenvalue weighted by Crippen LogP contribution is 2.38. The Bertz CT molecular complexity index is 626. The number of hydrogen-bond donors (Lipinski definition) is 1. The average molecular weight is 334 g/mol. The summed E-state index contributed by atoms with van der Waals surface area (Å²) in [6.07, 6.45) is 2.46. The van der Waals surface area contributed by atoms with Crippen LogP contribution in [0.2, 0.25) is 0 Å². The topological polar surface area (TPSA) is 59.9 Å². The van der Waals surface area contributed by atoms with Crippen molar-refractivity contribution in [2.45, 2.75) is 38.7 Å². The molecule has 6 heteroatoms. The highest BCUT2D eigenvalue weighted by Gasteiger charge is 2.44. The van der Waals surface area contributed by atoms with Gasteiger partial charge in [-0.15, -0.1) is 0 Å². The van der Waals surface area contributed by atoms with Crippen molar-refractivity contribution < 1.29 is 18.8 Å². The fourth-order valence-corrected chi connectivity index (χ4v) is 3.49. The Labute approximate surface area is 141 Å². The molecule has 0 bridgehead atoms. The number of oxime groups is 1. The van der Waals surface area contributed by atoms with Gasteiger partial charge in [-0.2, -0.15) is 0 Å². The van der Waals surface area contributed by atoms with Crippen LogP contribution in [0.25, 0.3) is 0 Å². The van der Waals surface area contributed by atoms with Crippen LogP contribution in [0.4, 0.5) is 4.39 Å². The fourth-order valence-electron chi connectivity index (χ4n) is 3.49. The van der Waals surface area contributed by atoms with Crippen molar-refractivity contribution in [2.75, 3.05) is 19.7 Å². The van der Waals surface area contributed by atoms with Gasteiger partial charge in [0.25, 0.3) is 0 Å². The molecule has 1 fully saturated rings. The third kappa shape index (κ3) is 3.59. The summed E-state index contributed by atoms with van der Waals surface area (Å²) < 4.78 is 18.7. The van der Waals surface area contributed by atoms with Gasteiger partial charge in [0.15, 0.2) is 0 Å². The number of rotatable bonds is 5. The van der Waals surface area contributed by atoms with Gasteiger partial charge in [-0.3, -0.25) is 4.79 Å². The number of esters is 1. The van der Waals surface area contributed by atoms with Crippen LogP contribution in [0.15, 0.2) is 29.4 Å². The second-order valence-electron chi connectivity index (χ2n) is 6.43. The summed E-state index contributed by atoms with van der Waals surface area (Å²) in [6.45, 7) is 3.79. The Morgan fingerprint density at radius 3 is 2.96 bits per heavy atom. The zero-order valence-corrected chi connectivity index (χ0v) is 13.9. The van der Waals surface area contributed by atoms with Crippen LogP contribution in [-0.2, 0) is 14.4 Å². The van der Waals surface area contributed by atoms with Crippen molar-refractivity contribution in [3.05, 3.63) is 35.6 Å². The zero-order chi connectivity index (χ0) is 17.0. The highest BCUT2D eigenvalue weighted by atomic mass is 19.1. The highest BCUT2D eigenvalue weighted by molar-refractivity contribution is 6.01. The van der Waals surface area contributed by atoms with E-state index in [0.29, 0.717) is 19.4 Å². The number of nitrogens with zero attached hydrogens (tertiary/aromatic N) is 1. The molecule has 0 unspecified atom stereocenters. The molecule has 2 aliphatic heterocycles. The number of ether oxygens (including phenoxy) is 1. The van der Waals surface area contributed by atoms with Crippen LogP contribution in [0.5, 0.6) is 0 Å². The summed E-state index contributed by atoms with van der Waals surface area (Å²) >= 11 is 0. The van der Waals surface area contributed by atoms with E-state index in [1.54, 1.807) is 6.07 Å². The lowest BCUT2D eigenvalue weighted by Gasteiger charge is -2.36. The van der Waals surface area contributed by atoms with Gasteiger partial charge in [0.05, 0.1) is 17.7 Å². The van der Waals surface area contributed by atoms with E-state index >= 15 is 0 Å². The number of carbonyl (C=O) groups is 1. The lowest BCUT2D eigenvalue weighted by molar-refractivity contribution is -0.160. The maximum absolute atomic E-state index is 13.4. The summed E-state index contributed by atoms with van der Waals surface area (Å²) in [6, 6.07) is 6.34. The first kappa shape index (κ1) is 16.9. The first-order valence-corrected chi connectivity index (χ1v) is 8.49. The van der Waals surface area contributed by atoms with Gasteiger partial charge in [0.1, 0.15) is 11.9 Å². The Balaban J connectivity index is 1.68. The van der Waals surface area contributed by atoms with Crippen molar-refractivity contribution in [2.24, 2.45) is 10.6 Å². The van der Waals surface area contributed by atoms with Crippen LogP contribution in [0.1, 0.15) is 38.2 Å². The van der Waals surface area contributed by atoms with E-state index in [-0.39, 0.29) is 17.9 Å². The second-order valence-corrected chi connectivity index (χ2v) is 6.43. The van der Waals surface area contributed by atoms with Crippen molar-refractivity contribution in [3.63, 3.8) is 0 Å². The molecule has 1 saturated heterocycles. The predicted molar refractivity (Wildman–Crippen MR) is 88.2 cm³/mol. The molecule has 1 aromatic carbocycles. The summed E-state index contributed by atoms with van der Waals surface area (Å²) in [5.41, 5.74) is 0.944. The SMILES string of the molecule is CCOC(=O)C1(C[C@@H]2CC(c3cccc(F)c3)=NO2)CCNCC1. The van der Waals surface area contributed by atoms with Gasteiger partial charge in [-0.25, -0.2) is 4.39 Å². The molecule has 3 rings (SSSR count). The van der Waals surface area contributed by atoms with Crippen LogP contribution >= 0.6 is 0 Å². The van der Waals surface area contributed by atoms with Crippen LogP contribution in [-0.4, -0.2) is 37.5 Å². The number of piperidine rings is 1. The molecular weight excluding hydrogens is 311 g/mol. The van der Waals surface area contributed by atoms with Gasteiger partial charge in [0.2, 0.25) is 0 Å². The molecule has 0 spiro atoms. The van der Waals surface area contributed by atoms with E-state index in [0.717, 1.165) is 37.2 Å². The molecule has 5 nitrogen and oxygen atoms in total. The number of halogens is 1. The van der Waals surface area contributed by atoms with Gasteiger partial charge in [0, 0.05) is 18.4 Å². The largest absolute Gasteiger partial charge is 0.466 e. The smallest absolute Gasteiger partial charge is 0.312 e. The minimum absolute atomic E-state index is 0.144. The van der Waals surface area contributed by atoms with Crippen molar-refractivity contribution >= 4 is 11.7 Å². The average Bonchev–Trinajstić information content (AvgIpc) is 3.04. The Morgan fingerprint density at radius 1 is 1.46 bits per heavy atom. The van der Waals surface area contributed by atoms with E-state index in [9.17, 15) is 9.18 Å². The number of benzene rings is 1. The first-order chi connectivity index (χ1) is 11.6. The molecule has 130 valence electrons. The van der Waals surface area contributed by atoms with E-state index in [4.69, 9.17) is 9.57 Å². The van der Waals surface area contributed by atoms with Gasteiger partial charge < -0.3 is 14.9 Å². The summed E-state index contributed by atoms with van der Waals surface area (Å²) in [4.78, 5) is 18.1. The minimum Gasteiger partial charge on any atom is -0.466 e. The molecule has 24 heavy (non-hydrogen) atoms. The molecule has 2 heterocycles. The molecule has 1 atom stereocenters. The minimum atomic E-state index is -0.515. The molecule has 1 N–H and O–H groups in total. The van der Waals surface area contributed by atoms with Gasteiger partial charge in [-0.1, -0.05) is 17.3 Å². The standard InChI is InChI=1S/C18H23FN2O3/c1-2-23-17(22)18(6-8-20-9-7-18)12-15-11-16(21-24-15)13-4-3-5-14(19)10-13/h3-5,10,15,20H,2,6-9,11-12H2,1H3/t15-/m0/s1. The predicted octanol–water partition coefficient (Wildman–Crippen LogP) is 2.64. The monoisotopic (exact) mass is 334 g/mol. The van der Waals surface area contributed by atoms with Gasteiger partial charge >= 0.3 is 5.97 Å². The van der Waals surface area contributed by atoms with E-state index in [2.05, 4.69) is 10.5 Å². The normalized spacial score (nSPS) is 22.6. The summed E-state index contributed by atoms with van der Waals surface area (Å²) in [5.74, 6) is -0.436. The lowest BCUT2D eigenvalue weighted by atomic mass is 9.74. The molecule has 0 saturated carbocycles. The second kappa shape index (κ2) is 7.30. The first-order valence-electron chi connectivity index (χ1n) is 8.49. The Kier molecular flexibility index (Phi) is 5.14. The molecule has 0 aromatic heterocycles. The lowest BCUT2D eigenvalue weighted by Crippen LogP contribution is -2.45. The van der Waals surface area contributed by atoms with Crippen LogP contribution < -0.4 is 5.32 Å². The third-order valence-electron chi connectivity index (χ3n) is 4.78. The fraction of sp³-hybridized carbons (Fsp3) is 0.556. The molecular formula is C18H23FN2O3. The molecule has 0 aliphatic carbocycles. The van der Waals surface area contributed by atoms with Crippen molar-refractivity contribution in [1.29, 1.82) is 0 Å². The quantitative estimate of drug-likeness (QED) is 0.841. The third-order valence-corrected chi connectivity index (χ3v) is 4.78. The molecule has 1 aromatic rings. The molecule has 0 radical (unpaired) electrons. The number of nitrogens with one attached hydrogen (secondary N) is 1. The van der Waals surface area contributed by atoms with Crippen molar-refractivity contribution in [1.82, 2.24) is 5.32 Å². The number of hydrogen-bond acceptors (Lipinski definition) is 5. The molecule has 0 amide bonds. The maximum Gasteiger partial charge on any atom is 0.312 e. The Morgan fingerprint density at radius 2 is 2.25 bits per heavy atom. The Hall–Kier alpha value is -1.95. The maximum atomic E-state index is 13.4. The summed E-state index contributed by atoms with van der Waals surface area (Å²) in [5, 5.41) is 7.40. The van der Waals surface area contributed by atoms with Gasteiger partial charge in [-0.05, 0) is 45.0 Å². The van der Waals surface area contributed by atoms with E-state index < -0.39 is 5.41 Å². The van der Waals surface area contributed by atoms with Crippen molar-refractivity contribution in [3.8, 4) is 0 Å². The van der Waals surface area contributed by atoms with E-state index in [1.165, 1.54) is 12.1 Å². The van der Waals surface area contributed by atoms with E-state index in [1.807, 2.05) is 13.0 Å². The zero-order valence-electron chi connectivity index (χ0n) is 13.9. The molecule has 2 aliphatic rings. The van der Waals surface area contributed by atoms with Crippen LogP contribution in [0, 0.1) is 11.2 Å². The summed E-state index contributed by atoms with van der Waals surface area (Å²) in [7, 11) is 0.